The lowest BCUT2D eigenvalue weighted by atomic mass is 9.59. The molecule has 18 heavy (non-hydrogen) atoms. The number of rotatable bonds is 2. The molecule has 0 bridgehead atoms. The number of carboxylic acid groups (broad SMARTS) is 1. The molecule has 4 heteroatoms. The second kappa shape index (κ2) is 3.90. The lowest BCUT2D eigenvalue weighted by Crippen LogP contribution is -2.47. The fourth-order valence-corrected chi connectivity index (χ4v) is 3.00. The normalized spacial score (nSPS) is 29.5. The molecule has 1 aliphatic heterocycles. The van der Waals surface area contributed by atoms with Gasteiger partial charge in [-0.3, -0.25) is 4.79 Å². The van der Waals surface area contributed by atoms with Crippen LogP contribution < -0.4 is 9.47 Å². The molecule has 2 aliphatic rings. The molecule has 0 radical (unpaired) electrons. The Labute approximate surface area is 106 Å². The van der Waals surface area contributed by atoms with E-state index in [0.717, 1.165) is 5.56 Å². The predicted molar refractivity (Wildman–Crippen MR) is 65.1 cm³/mol. The summed E-state index contributed by atoms with van der Waals surface area (Å²) in [5.74, 6) is 1.10. The molecule has 0 spiro atoms. The fourth-order valence-electron chi connectivity index (χ4n) is 3.00. The third kappa shape index (κ3) is 1.55. The number of fused-ring (bicyclic) bond motifs is 1. The number of aliphatic carboxylic acids is 1. The van der Waals surface area contributed by atoms with Crippen LogP contribution in [0.3, 0.4) is 0 Å². The molecule has 1 heterocycles. The van der Waals surface area contributed by atoms with E-state index in [1.165, 1.54) is 0 Å². The monoisotopic (exact) mass is 248 g/mol. The number of carboxylic acids is 1. The average molecular weight is 248 g/mol. The van der Waals surface area contributed by atoms with Crippen molar-refractivity contribution < 1.29 is 19.4 Å². The van der Waals surface area contributed by atoms with Crippen LogP contribution in [0.4, 0.5) is 0 Å². The van der Waals surface area contributed by atoms with Gasteiger partial charge in [0, 0.05) is 0 Å². The molecule has 96 valence electrons. The molecule has 1 saturated carbocycles. The van der Waals surface area contributed by atoms with Crippen LogP contribution in [0.2, 0.25) is 0 Å². The Balaban J connectivity index is 1.98. The van der Waals surface area contributed by atoms with Crippen LogP contribution in [0.15, 0.2) is 18.2 Å². The molecule has 0 saturated heterocycles. The van der Waals surface area contributed by atoms with Crippen molar-refractivity contribution in [3.05, 3.63) is 23.8 Å². The molecule has 1 N–H and O–H groups in total. The van der Waals surface area contributed by atoms with Crippen LogP contribution in [-0.2, 0) is 10.2 Å². The summed E-state index contributed by atoms with van der Waals surface area (Å²) in [6.45, 7) is 3.15. The Kier molecular flexibility index (Phi) is 2.47. The van der Waals surface area contributed by atoms with Gasteiger partial charge in [-0.15, -0.1) is 0 Å². The number of ether oxygens (including phenoxy) is 2. The molecule has 1 aliphatic carbocycles. The Morgan fingerprint density at radius 1 is 1.28 bits per heavy atom. The van der Waals surface area contributed by atoms with E-state index in [0.29, 0.717) is 43.5 Å². The lowest BCUT2D eigenvalue weighted by Gasteiger charge is -2.43. The van der Waals surface area contributed by atoms with E-state index in [2.05, 4.69) is 6.92 Å². The minimum atomic E-state index is -0.739. The lowest BCUT2D eigenvalue weighted by molar-refractivity contribution is -0.149. The maximum absolute atomic E-state index is 11.5. The molecule has 0 atom stereocenters. The summed E-state index contributed by atoms with van der Waals surface area (Å²) in [4.78, 5) is 11.5. The molecule has 1 aromatic carbocycles. The number of hydrogen-bond acceptors (Lipinski definition) is 3. The standard InChI is InChI=1S/C14H16O4/c1-9-7-14(8-9,13(15)16)10-2-3-11-12(6-10)18-5-4-17-11/h2-3,6,9H,4-5,7-8H2,1H3,(H,15,16). The van der Waals surface area contributed by atoms with E-state index in [9.17, 15) is 9.90 Å². The highest BCUT2D eigenvalue weighted by Crippen LogP contribution is 2.49. The summed E-state index contributed by atoms with van der Waals surface area (Å²) >= 11 is 0. The quantitative estimate of drug-likeness (QED) is 0.871. The summed E-state index contributed by atoms with van der Waals surface area (Å²) in [5.41, 5.74) is 0.104. The predicted octanol–water partition coefficient (Wildman–Crippen LogP) is 2.21. The van der Waals surface area contributed by atoms with Gasteiger partial charge in [-0.25, -0.2) is 0 Å². The van der Waals surface area contributed by atoms with Crippen molar-refractivity contribution >= 4 is 5.97 Å². The zero-order valence-corrected chi connectivity index (χ0v) is 10.3. The fraction of sp³-hybridized carbons (Fsp3) is 0.500. The zero-order chi connectivity index (χ0) is 12.8. The van der Waals surface area contributed by atoms with Crippen molar-refractivity contribution in [2.24, 2.45) is 5.92 Å². The molecule has 0 unspecified atom stereocenters. The highest BCUT2D eigenvalue weighted by molar-refractivity contribution is 5.83. The molecular weight excluding hydrogens is 232 g/mol. The maximum atomic E-state index is 11.5. The van der Waals surface area contributed by atoms with Crippen molar-refractivity contribution in [1.29, 1.82) is 0 Å². The highest BCUT2D eigenvalue weighted by Gasteiger charge is 2.50. The van der Waals surface area contributed by atoms with Gasteiger partial charge in [0.1, 0.15) is 13.2 Å². The zero-order valence-electron chi connectivity index (χ0n) is 10.3. The number of benzene rings is 1. The number of carbonyl (C=O) groups is 1. The first-order valence-corrected chi connectivity index (χ1v) is 6.25. The van der Waals surface area contributed by atoms with Crippen molar-refractivity contribution in [2.75, 3.05) is 13.2 Å². The molecule has 1 fully saturated rings. The largest absolute Gasteiger partial charge is 0.486 e. The summed E-state index contributed by atoms with van der Waals surface area (Å²) in [6.07, 6.45) is 1.39. The van der Waals surface area contributed by atoms with Gasteiger partial charge in [-0.2, -0.15) is 0 Å². The first-order valence-electron chi connectivity index (χ1n) is 6.25. The van der Waals surface area contributed by atoms with Crippen molar-refractivity contribution in [1.82, 2.24) is 0 Å². The topological polar surface area (TPSA) is 55.8 Å². The van der Waals surface area contributed by atoms with Crippen LogP contribution >= 0.6 is 0 Å². The molecule has 3 rings (SSSR count). The van der Waals surface area contributed by atoms with E-state index in [1.54, 1.807) is 0 Å². The van der Waals surface area contributed by atoms with Crippen molar-refractivity contribution in [3.8, 4) is 11.5 Å². The Bertz CT molecular complexity index is 489. The van der Waals surface area contributed by atoms with E-state index in [4.69, 9.17) is 9.47 Å². The third-order valence-corrected chi connectivity index (χ3v) is 3.90. The second-order valence-electron chi connectivity index (χ2n) is 5.26. The van der Waals surface area contributed by atoms with Gasteiger partial charge >= 0.3 is 5.97 Å². The van der Waals surface area contributed by atoms with Gasteiger partial charge in [0.15, 0.2) is 11.5 Å². The van der Waals surface area contributed by atoms with Crippen LogP contribution in [0.1, 0.15) is 25.3 Å². The highest BCUT2D eigenvalue weighted by atomic mass is 16.6. The first-order chi connectivity index (χ1) is 8.62. The van der Waals surface area contributed by atoms with Gasteiger partial charge in [-0.1, -0.05) is 13.0 Å². The van der Waals surface area contributed by atoms with Crippen LogP contribution in [0.5, 0.6) is 11.5 Å². The average Bonchev–Trinajstić information content (AvgIpc) is 2.34. The summed E-state index contributed by atoms with van der Waals surface area (Å²) in [5, 5.41) is 9.49. The Morgan fingerprint density at radius 3 is 2.56 bits per heavy atom. The van der Waals surface area contributed by atoms with Crippen molar-refractivity contribution in [2.45, 2.75) is 25.2 Å². The smallest absolute Gasteiger partial charge is 0.314 e. The molecular formula is C14H16O4. The number of hydrogen-bond donors (Lipinski definition) is 1. The Morgan fingerprint density at radius 2 is 1.94 bits per heavy atom. The summed E-state index contributed by atoms with van der Waals surface area (Å²) in [7, 11) is 0. The van der Waals surface area contributed by atoms with E-state index in [-0.39, 0.29) is 0 Å². The van der Waals surface area contributed by atoms with E-state index < -0.39 is 11.4 Å². The second-order valence-corrected chi connectivity index (χ2v) is 5.26. The van der Waals surface area contributed by atoms with Gasteiger partial charge in [0.25, 0.3) is 0 Å². The SMILES string of the molecule is CC1CC(C(=O)O)(c2ccc3c(c2)OCCO3)C1. The maximum Gasteiger partial charge on any atom is 0.314 e. The van der Waals surface area contributed by atoms with E-state index in [1.807, 2.05) is 18.2 Å². The summed E-state index contributed by atoms with van der Waals surface area (Å²) in [6, 6.07) is 5.50. The van der Waals surface area contributed by atoms with Gasteiger partial charge in [0.05, 0.1) is 5.41 Å². The first kappa shape index (κ1) is 11.4. The molecule has 1 aromatic rings. The van der Waals surface area contributed by atoms with Crippen LogP contribution in [-0.4, -0.2) is 24.3 Å². The van der Waals surface area contributed by atoms with Crippen LogP contribution in [0, 0.1) is 5.92 Å². The van der Waals surface area contributed by atoms with Gasteiger partial charge < -0.3 is 14.6 Å². The van der Waals surface area contributed by atoms with E-state index >= 15 is 0 Å². The van der Waals surface area contributed by atoms with Crippen molar-refractivity contribution in [3.63, 3.8) is 0 Å². The van der Waals surface area contributed by atoms with Gasteiger partial charge in [-0.05, 0) is 36.5 Å². The minimum Gasteiger partial charge on any atom is -0.486 e. The molecule has 0 amide bonds. The molecule has 4 nitrogen and oxygen atoms in total. The van der Waals surface area contributed by atoms with Gasteiger partial charge in [0.2, 0.25) is 0 Å². The Hall–Kier alpha value is -1.71. The summed E-state index contributed by atoms with van der Waals surface area (Å²) < 4.78 is 11.0. The molecule has 0 aromatic heterocycles. The third-order valence-electron chi connectivity index (χ3n) is 3.90. The minimum absolute atomic E-state index is 0.467. The van der Waals surface area contributed by atoms with Crippen LogP contribution in [0.25, 0.3) is 0 Å².